The zero-order valence-corrected chi connectivity index (χ0v) is 11.5. The molecule has 0 N–H and O–H groups in total. The van der Waals surface area contributed by atoms with Gasteiger partial charge in [0.05, 0.1) is 13.3 Å². The highest BCUT2D eigenvalue weighted by Crippen LogP contribution is 2.31. The number of benzene rings is 2. The van der Waals surface area contributed by atoms with Gasteiger partial charge in [0, 0.05) is 10.9 Å². The molecule has 2 aromatic carbocycles. The third-order valence-electron chi connectivity index (χ3n) is 2.89. The maximum Gasteiger partial charge on any atom is 0.122 e. The predicted octanol–water partition coefficient (Wildman–Crippen LogP) is 3.66. The molecule has 3 heteroatoms. The maximum atomic E-state index is 12.4. The van der Waals surface area contributed by atoms with Crippen LogP contribution in [0, 0.1) is 6.92 Å². The van der Waals surface area contributed by atoms with Crippen molar-refractivity contribution in [2.24, 2.45) is 0 Å². The molecule has 0 saturated heterocycles. The summed E-state index contributed by atoms with van der Waals surface area (Å²) in [6, 6.07) is 15.5. The van der Waals surface area contributed by atoms with E-state index in [1.165, 1.54) is 0 Å². The van der Waals surface area contributed by atoms with Gasteiger partial charge in [0.25, 0.3) is 0 Å². The summed E-state index contributed by atoms with van der Waals surface area (Å²) in [6.07, 6.45) is 0.518. The SMILES string of the molecule is COc1ccccc1C[P](=O)c1ccccc1C. The van der Waals surface area contributed by atoms with E-state index in [1.807, 2.05) is 55.5 Å². The lowest BCUT2D eigenvalue weighted by molar-refractivity contribution is 0.411. The van der Waals surface area contributed by atoms with Crippen molar-refractivity contribution in [3.63, 3.8) is 0 Å². The van der Waals surface area contributed by atoms with Crippen molar-refractivity contribution in [3.05, 3.63) is 59.7 Å². The normalized spacial score (nSPS) is 11.1. The molecule has 2 nitrogen and oxygen atoms in total. The topological polar surface area (TPSA) is 26.3 Å². The van der Waals surface area contributed by atoms with Gasteiger partial charge >= 0.3 is 0 Å². The second-order valence-electron chi connectivity index (χ2n) is 4.13. The highest BCUT2D eigenvalue weighted by Gasteiger charge is 2.11. The van der Waals surface area contributed by atoms with Gasteiger partial charge in [-0.1, -0.05) is 36.4 Å². The minimum atomic E-state index is -1.42. The van der Waals surface area contributed by atoms with E-state index in [4.69, 9.17) is 4.74 Å². The number of aryl methyl sites for hydroxylation is 1. The van der Waals surface area contributed by atoms with E-state index in [0.717, 1.165) is 22.2 Å². The highest BCUT2D eigenvalue weighted by atomic mass is 31.1. The Morgan fingerprint density at radius 1 is 1.06 bits per heavy atom. The summed E-state index contributed by atoms with van der Waals surface area (Å²) in [4.78, 5) is 0. The molecule has 0 aliphatic carbocycles. The van der Waals surface area contributed by atoms with Crippen molar-refractivity contribution in [1.29, 1.82) is 0 Å². The molecule has 0 aromatic heterocycles. The minimum absolute atomic E-state index is 0.518. The van der Waals surface area contributed by atoms with Crippen molar-refractivity contribution in [2.75, 3.05) is 7.11 Å². The summed E-state index contributed by atoms with van der Waals surface area (Å²) < 4.78 is 17.7. The molecule has 18 heavy (non-hydrogen) atoms. The lowest BCUT2D eigenvalue weighted by Crippen LogP contribution is -2.02. The van der Waals surface area contributed by atoms with Gasteiger partial charge in [-0.3, -0.25) is 4.57 Å². The fraction of sp³-hybridized carbons (Fsp3) is 0.200. The van der Waals surface area contributed by atoms with E-state index in [2.05, 4.69) is 0 Å². The summed E-state index contributed by atoms with van der Waals surface area (Å²) >= 11 is 0. The highest BCUT2D eigenvalue weighted by molar-refractivity contribution is 7.52. The van der Waals surface area contributed by atoms with Crippen LogP contribution < -0.4 is 10.0 Å². The first-order valence-corrected chi connectivity index (χ1v) is 7.29. The van der Waals surface area contributed by atoms with Crippen LogP contribution in [0.5, 0.6) is 5.75 Å². The van der Waals surface area contributed by atoms with E-state index in [9.17, 15) is 4.57 Å². The summed E-state index contributed by atoms with van der Waals surface area (Å²) in [5.74, 6) is 0.800. The molecule has 2 aromatic rings. The third kappa shape index (κ3) is 2.77. The molecule has 0 spiro atoms. The van der Waals surface area contributed by atoms with Gasteiger partial charge in [-0.15, -0.1) is 0 Å². The van der Waals surface area contributed by atoms with Crippen molar-refractivity contribution in [2.45, 2.75) is 13.1 Å². The van der Waals surface area contributed by atoms with E-state index in [1.54, 1.807) is 7.11 Å². The average Bonchev–Trinajstić information content (AvgIpc) is 2.39. The average molecular weight is 259 g/mol. The molecule has 1 atom stereocenters. The molecule has 0 aliphatic rings. The number of ether oxygens (including phenoxy) is 1. The Kier molecular flexibility index (Phi) is 4.11. The largest absolute Gasteiger partial charge is 0.496 e. The molecule has 0 fully saturated rings. The van der Waals surface area contributed by atoms with Crippen LogP contribution in [0.15, 0.2) is 48.5 Å². The van der Waals surface area contributed by atoms with Crippen LogP contribution >= 0.6 is 7.80 Å². The lowest BCUT2D eigenvalue weighted by atomic mass is 10.2. The molecule has 1 unspecified atom stereocenters. The van der Waals surface area contributed by atoms with E-state index < -0.39 is 7.80 Å². The number of para-hydroxylation sites is 1. The van der Waals surface area contributed by atoms with Crippen LogP contribution in [0.25, 0.3) is 0 Å². The van der Waals surface area contributed by atoms with Crippen molar-refractivity contribution >= 4 is 13.1 Å². The lowest BCUT2D eigenvalue weighted by Gasteiger charge is -2.09. The molecule has 0 bridgehead atoms. The Labute approximate surface area is 108 Å². The zero-order valence-electron chi connectivity index (χ0n) is 10.6. The van der Waals surface area contributed by atoms with E-state index in [0.29, 0.717) is 6.16 Å². The molecule has 0 saturated carbocycles. The van der Waals surface area contributed by atoms with Crippen LogP contribution in [0.2, 0.25) is 0 Å². The van der Waals surface area contributed by atoms with Crippen LogP contribution in [0.4, 0.5) is 0 Å². The molecular weight excluding hydrogens is 243 g/mol. The number of methoxy groups -OCH3 is 1. The Morgan fingerprint density at radius 3 is 2.44 bits per heavy atom. The van der Waals surface area contributed by atoms with Crippen LogP contribution in [-0.4, -0.2) is 7.11 Å². The molecule has 2 rings (SSSR count). The maximum absolute atomic E-state index is 12.4. The van der Waals surface area contributed by atoms with Crippen LogP contribution in [0.1, 0.15) is 11.1 Å². The summed E-state index contributed by atoms with van der Waals surface area (Å²) in [5, 5.41) is 0.929. The van der Waals surface area contributed by atoms with E-state index >= 15 is 0 Å². The standard InChI is InChI=1S/C15H16O2P/c1-12-7-3-6-10-15(12)18(16)11-13-8-4-5-9-14(13)17-2/h3-10H,11H2,1-2H3. The molecule has 0 amide bonds. The van der Waals surface area contributed by atoms with Gasteiger partial charge in [0.1, 0.15) is 13.6 Å². The van der Waals surface area contributed by atoms with Crippen molar-refractivity contribution in [1.82, 2.24) is 0 Å². The quantitative estimate of drug-likeness (QED) is 0.783. The Balaban J connectivity index is 2.24. The first-order chi connectivity index (χ1) is 8.72. The fourth-order valence-electron chi connectivity index (χ4n) is 1.92. The number of rotatable bonds is 4. The van der Waals surface area contributed by atoms with E-state index in [-0.39, 0.29) is 0 Å². The minimum Gasteiger partial charge on any atom is -0.496 e. The molecule has 93 valence electrons. The first kappa shape index (κ1) is 12.8. The van der Waals surface area contributed by atoms with Crippen LogP contribution in [-0.2, 0) is 10.7 Å². The van der Waals surface area contributed by atoms with Gasteiger partial charge in [0.15, 0.2) is 0 Å². The third-order valence-corrected chi connectivity index (χ3v) is 4.56. The summed E-state index contributed by atoms with van der Waals surface area (Å²) in [6.45, 7) is 1.99. The molecule has 0 heterocycles. The number of hydrogen-bond donors (Lipinski definition) is 0. The molecule has 1 radical (unpaired) electrons. The summed E-state index contributed by atoms with van der Waals surface area (Å²) in [7, 11) is 0.214. The second kappa shape index (κ2) is 5.79. The zero-order chi connectivity index (χ0) is 13.0. The van der Waals surface area contributed by atoms with Crippen LogP contribution in [0.3, 0.4) is 0 Å². The smallest absolute Gasteiger partial charge is 0.122 e. The monoisotopic (exact) mass is 259 g/mol. The van der Waals surface area contributed by atoms with Gasteiger partial charge < -0.3 is 4.74 Å². The van der Waals surface area contributed by atoms with Gasteiger partial charge in [-0.25, -0.2) is 0 Å². The second-order valence-corrected chi connectivity index (χ2v) is 5.69. The van der Waals surface area contributed by atoms with Gasteiger partial charge in [-0.05, 0) is 24.6 Å². The number of hydrogen-bond acceptors (Lipinski definition) is 2. The van der Waals surface area contributed by atoms with Gasteiger partial charge in [-0.2, -0.15) is 0 Å². The first-order valence-electron chi connectivity index (χ1n) is 5.84. The van der Waals surface area contributed by atoms with Gasteiger partial charge in [0.2, 0.25) is 0 Å². The Bertz CT molecular complexity index is 564. The fourth-order valence-corrected chi connectivity index (χ4v) is 3.38. The van der Waals surface area contributed by atoms with Crippen molar-refractivity contribution in [3.8, 4) is 5.75 Å². The Hall–Kier alpha value is -1.66. The summed E-state index contributed by atoms with van der Waals surface area (Å²) in [5.41, 5.74) is 2.07. The molecule has 0 aliphatic heterocycles. The Morgan fingerprint density at radius 2 is 1.72 bits per heavy atom. The predicted molar refractivity (Wildman–Crippen MR) is 75.1 cm³/mol. The van der Waals surface area contributed by atoms with Crippen molar-refractivity contribution < 1.29 is 9.30 Å². The molecular formula is C15H16O2P.